The van der Waals surface area contributed by atoms with Gasteiger partial charge >= 0.3 is 6.18 Å². The van der Waals surface area contributed by atoms with Crippen LogP contribution in [-0.2, 0) is 17.9 Å². The maximum atomic E-state index is 12.1. The Bertz CT molecular complexity index is 611. The van der Waals surface area contributed by atoms with Gasteiger partial charge in [0.15, 0.2) is 5.96 Å². The van der Waals surface area contributed by atoms with Crippen LogP contribution in [0.3, 0.4) is 0 Å². The van der Waals surface area contributed by atoms with E-state index in [2.05, 4.69) is 32.2 Å². The summed E-state index contributed by atoms with van der Waals surface area (Å²) < 4.78 is 40.9. The molecule has 1 unspecified atom stereocenters. The molecule has 1 aliphatic rings. The highest BCUT2D eigenvalue weighted by Crippen LogP contribution is 2.16. The van der Waals surface area contributed by atoms with Crippen molar-refractivity contribution in [3.63, 3.8) is 0 Å². The van der Waals surface area contributed by atoms with Crippen LogP contribution in [-0.4, -0.2) is 56.4 Å². The van der Waals surface area contributed by atoms with Crippen LogP contribution < -0.4 is 10.6 Å². The lowest BCUT2D eigenvalue weighted by Gasteiger charge is -2.33. The Morgan fingerprint density at radius 2 is 1.86 bits per heavy atom. The highest BCUT2D eigenvalue weighted by atomic mass is 127. The lowest BCUT2D eigenvalue weighted by atomic mass is 10.0. The summed E-state index contributed by atoms with van der Waals surface area (Å²) in [6.45, 7) is 4.58. The quantitative estimate of drug-likeness (QED) is 0.305. The fourth-order valence-electron chi connectivity index (χ4n) is 3.25. The number of benzene rings is 1. The molecule has 1 aromatic rings. The molecule has 2 N–H and O–H groups in total. The second-order valence-electron chi connectivity index (χ2n) is 7.16. The van der Waals surface area contributed by atoms with Gasteiger partial charge in [-0.3, -0.25) is 9.89 Å². The van der Waals surface area contributed by atoms with Crippen molar-refractivity contribution in [1.82, 2.24) is 15.5 Å². The minimum absolute atomic E-state index is 0. The molecular formula is C20H32F3IN4O. The van der Waals surface area contributed by atoms with Crippen LogP contribution in [0.25, 0.3) is 0 Å². The fraction of sp³-hybridized carbons (Fsp3) is 0.650. The van der Waals surface area contributed by atoms with Crippen molar-refractivity contribution in [1.29, 1.82) is 0 Å². The number of hydrogen-bond donors (Lipinski definition) is 2. The Morgan fingerprint density at radius 3 is 2.48 bits per heavy atom. The number of ether oxygens (including phenoxy) is 1. The molecule has 0 amide bonds. The Morgan fingerprint density at radius 1 is 1.17 bits per heavy atom. The van der Waals surface area contributed by atoms with Crippen LogP contribution in [0, 0.1) is 0 Å². The zero-order chi connectivity index (χ0) is 20.4. The van der Waals surface area contributed by atoms with Gasteiger partial charge < -0.3 is 15.4 Å². The van der Waals surface area contributed by atoms with Crippen molar-refractivity contribution in [2.75, 3.05) is 33.3 Å². The fourth-order valence-corrected chi connectivity index (χ4v) is 3.25. The van der Waals surface area contributed by atoms with E-state index >= 15 is 0 Å². The zero-order valence-corrected chi connectivity index (χ0v) is 19.4. The molecule has 1 aromatic carbocycles. The average Bonchev–Trinajstić information content (AvgIpc) is 2.66. The number of rotatable bonds is 8. The molecule has 5 nitrogen and oxygen atoms in total. The number of nitrogens with one attached hydrogen (secondary N) is 2. The summed E-state index contributed by atoms with van der Waals surface area (Å²) in [5, 5.41) is 6.59. The molecule has 0 saturated carbocycles. The maximum absolute atomic E-state index is 12.1. The molecule has 0 aromatic heterocycles. The highest BCUT2D eigenvalue weighted by molar-refractivity contribution is 14.0. The molecule has 29 heavy (non-hydrogen) atoms. The van der Waals surface area contributed by atoms with Crippen molar-refractivity contribution in [3.05, 3.63) is 35.4 Å². The molecule has 166 valence electrons. The van der Waals surface area contributed by atoms with E-state index in [0.717, 1.165) is 31.2 Å². The van der Waals surface area contributed by atoms with Gasteiger partial charge in [0.2, 0.25) is 0 Å². The third kappa shape index (κ3) is 10.5. The third-order valence-corrected chi connectivity index (χ3v) is 4.87. The largest absolute Gasteiger partial charge is 0.411 e. The van der Waals surface area contributed by atoms with Crippen molar-refractivity contribution in [2.24, 2.45) is 4.99 Å². The van der Waals surface area contributed by atoms with Gasteiger partial charge in [-0.25, -0.2) is 0 Å². The van der Waals surface area contributed by atoms with E-state index in [9.17, 15) is 13.2 Å². The Balaban J connectivity index is 0.00000420. The minimum atomic E-state index is -4.29. The van der Waals surface area contributed by atoms with Crippen molar-refractivity contribution in [2.45, 2.75) is 51.6 Å². The van der Waals surface area contributed by atoms with Gasteiger partial charge in [-0.15, -0.1) is 24.0 Å². The van der Waals surface area contributed by atoms with Crippen LogP contribution >= 0.6 is 24.0 Å². The number of alkyl halides is 3. The van der Waals surface area contributed by atoms with Crippen molar-refractivity contribution >= 4 is 29.9 Å². The molecule has 0 radical (unpaired) electrons. The van der Waals surface area contributed by atoms with Crippen LogP contribution in [0.4, 0.5) is 13.2 Å². The van der Waals surface area contributed by atoms with E-state index in [-0.39, 0.29) is 30.6 Å². The minimum Gasteiger partial charge on any atom is -0.367 e. The van der Waals surface area contributed by atoms with Gasteiger partial charge in [-0.1, -0.05) is 30.7 Å². The number of piperidine rings is 1. The van der Waals surface area contributed by atoms with Crippen LogP contribution in [0.15, 0.2) is 29.3 Å². The molecule has 1 saturated heterocycles. The number of likely N-dealkylation sites (tertiary alicyclic amines) is 1. The molecular weight excluding hydrogens is 496 g/mol. The SMILES string of the molecule is CN=C(NCCN1CCCCC1C)NCc1ccc(COCC(F)(F)F)cc1.I. The number of halogens is 4. The molecule has 0 spiro atoms. The number of nitrogens with zero attached hydrogens (tertiary/aromatic N) is 2. The monoisotopic (exact) mass is 528 g/mol. The first-order valence-electron chi connectivity index (χ1n) is 9.78. The van der Waals surface area contributed by atoms with E-state index < -0.39 is 12.8 Å². The first-order valence-corrected chi connectivity index (χ1v) is 9.78. The summed E-state index contributed by atoms with van der Waals surface area (Å²) >= 11 is 0. The van der Waals surface area contributed by atoms with Crippen molar-refractivity contribution < 1.29 is 17.9 Å². The van der Waals surface area contributed by atoms with Crippen LogP contribution in [0.5, 0.6) is 0 Å². The smallest absolute Gasteiger partial charge is 0.367 e. The second kappa shape index (κ2) is 13.3. The van der Waals surface area contributed by atoms with E-state index in [0.29, 0.717) is 18.2 Å². The Kier molecular flexibility index (Phi) is 11.9. The van der Waals surface area contributed by atoms with Gasteiger partial charge in [-0.05, 0) is 37.4 Å². The van der Waals surface area contributed by atoms with Gasteiger partial charge in [0.1, 0.15) is 6.61 Å². The predicted molar refractivity (Wildman–Crippen MR) is 121 cm³/mol. The van der Waals surface area contributed by atoms with Gasteiger partial charge in [0.05, 0.1) is 6.61 Å². The average molecular weight is 528 g/mol. The molecule has 0 aliphatic carbocycles. The summed E-state index contributed by atoms with van der Waals surface area (Å²) in [5.74, 6) is 0.738. The summed E-state index contributed by atoms with van der Waals surface area (Å²) in [7, 11) is 1.74. The Hall–Kier alpha value is -1.07. The highest BCUT2D eigenvalue weighted by Gasteiger charge is 2.27. The normalized spacial score (nSPS) is 18.2. The molecule has 1 heterocycles. The lowest BCUT2D eigenvalue weighted by Crippen LogP contribution is -2.45. The number of guanidine groups is 1. The van der Waals surface area contributed by atoms with E-state index in [1.54, 1.807) is 19.2 Å². The van der Waals surface area contributed by atoms with Crippen LogP contribution in [0.2, 0.25) is 0 Å². The molecule has 1 fully saturated rings. The third-order valence-electron chi connectivity index (χ3n) is 4.87. The second-order valence-corrected chi connectivity index (χ2v) is 7.16. The maximum Gasteiger partial charge on any atom is 0.411 e. The molecule has 1 atom stereocenters. The Labute approximate surface area is 188 Å². The van der Waals surface area contributed by atoms with Crippen LogP contribution in [0.1, 0.15) is 37.3 Å². The first-order chi connectivity index (χ1) is 13.4. The topological polar surface area (TPSA) is 48.9 Å². The summed E-state index contributed by atoms with van der Waals surface area (Å²) in [6, 6.07) is 7.95. The summed E-state index contributed by atoms with van der Waals surface area (Å²) in [6.07, 6.45) is -0.431. The molecule has 9 heteroatoms. The van der Waals surface area contributed by atoms with E-state index in [1.165, 1.54) is 19.3 Å². The van der Waals surface area contributed by atoms with Gasteiger partial charge in [0, 0.05) is 32.7 Å². The summed E-state index contributed by atoms with van der Waals surface area (Å²) in [5.41, 5.74) is 1.73. The van der Waals surface area contributed by atoms with Gasteiger partial charge in [0.25, 0.3) is 0 Å². The molecule has 1 aliphatic heterocycles. The van der Waals surface area contributed by atoms with Crippen molar-refractivity contribution in [3.8, 4) is 0 Å². The first kappa shape index (κ1) is 26.0. The summed E-state index contributed by atoms with van der Waals surface area (Å²) in [4.78, 5) is 6.74. The number of hydrogen-bond acceptors (Lipinski definition) is 3. The number of aliphatic imine (C=N–C) groups is 1. The van der Waals surface area contributed by atoms with Gasteiger partial charge in [-0.2, -0.15) is 13.2 Å². The standard InChI is InChI=1S/C20H31F3N4O.HI/c1-16-5-3-4-11-27(16)12-10-25-19(24-2)26-13-17-6-8-18(9-7-17)14-28-15-20(21,22)23;/h6-9,16H,3-5,10-15H2,1-2H3,(H2,24,25,26);1H. The predicted octanol–water partition coefficient (Wildman–Crippen LogP) is 3.92. The molecule has 2 rings (SSSR count). The molecule has 0 bridgehead atoms. The van der Waals surface area contributed by atoms with E-state index in [4.69, 9.17) is 0 Å². The lowest BCUT2D eigenvalue weighted by molar-refractivity contribution is -0.176. The van der Waals surface area contributed by atoms with E-state index in [1.807, 2.05) is 12.1 Å². The zero-order valence-electron chi connectivity index (χ0n) is 17.1.